The minimum absolute atomic E-state index is 0.283. The predicted octanol–water partition coefficient (Wildman–Crippen LogP) is 3.77. The lowest BCUT2D eigenvalue weighted by Crippen LogP contribution is -2.35. The van der Waals surface area contributed by atoms with Crippen molar-refractivity contribution in [3.05, 3.63) is 58.8 Å². The topological polar surface area (TPSA) is 68.6 Å². The highest BCUT2D eigenvalue weighted by Gasteiger charge is 2.37. The first-order chi connectivity index (χ1) is 12.9. The molecule has 1 aromatic carbocycles. The number of imide groups is 1. The standard InChI is InChI=1S/C20H20N2O4S/c1-13(2)26-18(23)12-22-19(24)17(27-20(22)25)11-15-8-6-10-21(15)16-9-5-4-7-14(16)3/h4-11,13H,12H2,1-3H3/b17-11+. The zero-order chi connectivity index (χ0) is 19.6. The fourth-order valence-corrected chi connectivity index (χ4v) is 3.59. The van der Waals surface area contributed by atoms with Crippen LogP contribution in [0.25, 0.3) is 11.8 Å². The molecule has 1 saturated heterocycles. The zero-order valence-corrected chi connectivity index (χ0v) is 16.2. The van der Waals surface area contributed by atoms with E-state index >= 15 is 0 Å². The van der Waals surface area contributed by atoms with Gasteiger partial charge >= 0.3 is 5.97 Å². The minimum Gasteiger partial charge on any atom is -0.462 e. The second-order valence-corrected chi connectivity index (χ2v) is 7.39. The van der Waals surface area contributed by atoms with E-state index in [9.17, 15) is 14.4 Å². The van der Waals surface area contributed by atoms with Gasteiger partial charge in [0.2, 0.25) is 0 Å². The van der Waals surface area contributed by atoms with Crippen LogP contribution >= 0.6 is 11.8 Å². The summed E-state index contributed by atoms with van der Waals surface area (Å²) in [6, 6.07) is 11.6. The van der Waals surface area contributed by atoms with Crippen molar-refractivity contribution in [1.82, 2.24) is 9.47 Å². The van der Waals surface area contributed by atoms with Crippen LogP contribution in [0.1, 0.15) is 25.1 Å². The van der Waals surface area contributed by atoms with Crippen molar-refractivity contribution in [3.8, 4) is 5.69 Å². The Kier molecular flexibility index (Phi) is 5.51. The third kappa shape index (κ3) is 4.14. The molecule has 0 N–H and O–H groups in total. The molecule has 0 atom stereocenters. The molecule has 1 aliphatic heterocycles. The van der Waals surface area contributed by atoms with Gasteiger partial charge in [-0.25, -0.2) is 0 Å². The van der Waals surface area contributed by atoms with Crippen molar-refractivity contribution in [3.63, 3.8) is 0 Å². The van der Waals surface area contributed by atoms with Crippen LogP contribution in [0.2, 0.25) is 0 Å². The number of benzene rings is 1. The quantitative estimate of drug-likeness (QED) is 0.580. The molecule has 1 aromatic heterocycles. The fraction of sp³-hybridized carbons (Fsp3) is 0.250. The third-order valence-electron chi connectivity index (χ3n) is 3.96. The molecule has 2 heterocycles. The van der Waals surface area contributed by atoms with E-state index in [4.69, 9.17) is 4.74 Å². The van der Waals surface area contributed by atoms with Crippen LogP contribution in [0, 0.1) is 6.92 Å². The molecule has 2 amide bonds. The third-order valence-corrected chi connectivity index (χ3v) is 4.87. The van der Waals surface area contributed by atoms with Gasteiger partial charge in [0.15, 0.2) is 0 Å². The smallest absolute Gasteiger partial charge is 0.326 e. The number of ether oxygens (including phenoxy) is 1. The van der Waals surface area contributed by atoms with Crippen LogP contribution in [-0.4, -0.2) is 39.2 Å². The van der Waals surface area contributed by atoms with Gasteiger partial charge in [-0.3, -0.25) is 19.3 Å². The van der Waals surface area contributed by atoms with E-state index in [1.54, 1.807) is 19.9 Å². The van der Waals surface area contributed by atoms with Crippen LogP contribution < -0.4 is 0 Å². The lowest BCUT2D eigenvalue weighted by Gasteiger charge is -2.13. The van der Waals surface area contributed by atoms with Crippen LogP contribution in [0.4, 0.5) is 4.79 Å². The molecule has 0 bridgehead atoms. The highest BCUT2D eigenvalue weighted by molar-refractivity contribution is 8.18. The van der Waals surface area contributed by atoms with Crippen LogP contribution in [0.15, 0.2) is 47.5 Å². The first-order valence-electron chi connectivity index (χ1n) is 8.55. The maximum absolute atomic E-state index is 12.6. The molecular weight excluding hydrogens is 364 g/mol. The van der Waals surface area contributed by atoms with Crippen molar-refractivity contribution in [2.45, 2.75) is 26.9 Å². The minimum atomic E-state index is -0.600. The van der Waals surface area contributed by atoms with E-state index in [2.05, 4.69) is 0 Å². The highest BCUT2D eigenvalue weighted by Crippen LogP contribution is 2.32. The maximum Gasteiger partial charge on any atom is 0.326 e. The maximum atomic E-state index is 12.6. The van der Waals surface area contributed by atoms with Gasteiger partial charge in [-0.15, -0.1) is 0 Å². The Morgan fingerprint density at radius 1 is 1.19 bits per heavy atom. The molecule has 140 valence electrons. The Morgan fingerprint density at radius 2 is 1.93 bits per heavy atom. The van der Waals surface area contributed by atoms with Gasteiger partial charge in [-0.1, -0.05) is 18.2 Å². The average molecular weight is 384 g/mol. The Labute approximate surface area is 161 Å². The van der Waals surface area contributed by atoms with Gasteiger partial charge in [0.05, 0.1) is 11.0 Å². The molecule has 1 aliphatic rings. The molecule has 2 aromatic rings. The number of nitrogens with zero attached hydrogens (tertiary/aromatic N) is 2. The van der Waals surface area contributed by atoms with E-state index in [1.807, 2.05) is 54.1 Å². The second-order valence-electron chi connectivity index (χ2n) is 6.40. The molecule has 0 spiro atoms. The first kappa shape index (κ1) is 19.0. The van der Waals surface area contributed by atoms with Crippen LogP contribution in [0.5, 0.6) is 0 Å². The summed E-state index contributed by atoms with van der Waals surface area (Å²) in [4.78, 5) is 37.7. The van der Waals surface area contributed by atoms with Gasteiger partial charge in [0, 0.05) is 17.6 Å². The number of thioether (sulfide) groups is 1. The fourth-order valence-electron chi connectivity index (χ4n) is 2.76. The van der Waals surface area contributed by atoms with Gasteiger partial charge < -0.3 is 9.30 Å². The molecule has 27 heavy (non-hydrogen) atoms. The Morgan fingerprint density at radius 3 is 2.63 bits per heavy atom. The average Bonchev–Trinajstić information content (AvgIpc) is 3.15. The van der Waals surface area contributed by atoms with Gasteiger partial charge in [-0.05, 0) is 62.4 Å². The predicted molar refractivity (Wildman–Crippen MR) is 104 cm³/mol. The highest BCUT2D eigenvalue weighted by atomic mass is 32.2. The molecule has 1 fully saturated rings. The van der Waals surface area contributed by atoms with Crippen molar-refractivity contribution in [2.24, 2.45) is 0 Å². The summed E-state index contributed by atoms with van der Waals surface area (Å²) in [5.41, 5.74) is 2.86. The van der Waals surface area contributed by atoms with E-state index in [1.165, 1.54) is 0 Å². The summed E-state index contributed by atoms with van der Waals surface area (Å²) in [7, 11) is 0. The number of amides is 2. The van der Waals surface area contributed by atoms with E-state index in [0.717, 1.165) is 33.6 Å². The number of rotatable bonds is 5. The van der Waals surface area contributed by atoms with Gasteiger partial charge in [0.1, 0.15) is 6.54 Å². The number of carbonyl (C=O) groups excluding carboxylic acids is 3. The molecule has 0 unspecified atom stereocenters. The normalized spacial score (nSPS) is 15.9. The second kappa shape index (κ2) is 7.84. The molecule has 0 aliphatic carbocycles. The summed E-state index contributed by atoms with van der Waals surface area (Å²) >= 11 is 0.826. The Balaban J connectivity index is 1.84. The number of aryl methyl sites for hydroxylation is 1. The number of carbonyl (C=O) groups is 3. The van der Waals surface area contributed by atoms with Crippen molar-refractivity contribution >= 4 is 35.0 Å². The summed E-state index contributed by atoms with van der Waals surface area (Å²) < 4.78 is 6.98. The zero-order valence-electron chi connectivity index (χ0n) is 15.3. The molecular formula is C20H20N2O4S. The number of hydrogen-bond donors (Lipinski definition) is 0. The van der Waals surface area contributed by atoms with E-state index < -0.39 is 17.1 Å². The molecule has 3 rings (SSSR count). The van der Waals surface area contributed by atoms with Crippen LogP contribution in [0.3, 0.4) is 0 Å². The van der Waals surface area contributed by atoms with Crippen molar-refractivity contribution in [1.29, 1.82) is 0 Å². The monoisotopic (exact) mass is 384 g/mol. The summed E-state index contributed by atoms with van der Waals surface area (Å²) in [5, 5.41) is -0.471. The van der Waals surface area contributed by atoms with Crippen molar-refractivity contribution < 1.29 is 19.1 Å². The molecule has 6 nitrogen and oxygen atoms in total. The van der Waals surface area contributed by atoms with Crippen molar-refractivity contribution in [2.75, 3.05) is 6.54 Å². The summed E-state index contributed by atoms with van der Waals surface area (Å²) in [5.74, 6) is -1.08. The van der Waals surface area contributed by atoms with E-state index in [-0.39, 0.29) is 17.6 Å². The van der Waals surface area contributed by atoms with Gasteiger partial charge in [0.25, 0.3) is 11.1 Å². The lowest BCUT2D eigenvalue weighted by molar-refractivity contribution is -0.149. The SMILES string of the molecule is Cc1ccccc1-n1cccc1/C=C1/SC(=O)N(CC(=O)OC(C)C)C1=O. The molecule has 0 saturated carbocycles. The first-order valence-corrected chi connectivity index (χ1v) is 9.36. The number of para-hydroxylation sites is 1. The Hall–Kier alpha value is -2.80. The Bertz CT molecular complexity index is 930. The molecule has 7 heteroatoms. The largest absolute Gasteiger partial charge is 0.462 e. The number of hydrogen-bond acceptors (Lipinski definition) is 5. The van der Waals surface area contributed by atoms with E-state index in [0.29, 0.717) is 0 Å². The lowest BCUT2D eigenvalue weighted by atomic mass is 10.2. The van der Waals surface area contributed by atoms with Crippen LogP contribution in [-0.2, 0) is 14.3 Å². The van der Waals surface area contributed by atoms with Gasteiger partial charge in [-0.2, -0.15) is 0 Å². The summed E-state index contributed by atoms with van der Waals surface area (Å²) in [6.45, 7) is 5.06. The number of esters is 1. The summed E-state index contributed by atoms with van der Waals surface area (Å²) in [6.07, 6.45) is 3.27. The molecule has 0 radical (unpaired) electrons. The number of aromatic nitrogens is 1.